The van der Waals surface area contributed by atoms with E-state index >= 15 is 0 Å². The maximum atomic E-state index is 13.4. The molecular formula is C21H31N3O4. The minimum Gasteiger partial charge on any atom is -0.383 e. The largest absolute Gasteiger partial charge is 0.383 e. The van der Waals surface area contributed by atoms with Gasteiger partial charge >= 0.3 is 6.03 Å². The van der Waals surface area contributed by atoms with Gasteiger partial charge in [0.25, 0.3) is 5.91 Å². The number of carbonyl (C=O) groups is 2. The minimum atomic E-state index is -0.760. The zero-order valence-corrected chi connectivity index (χ0v) is 17.1. The lowest BCUT2D eigenvalue weighted by atomic mass is 9.85. The van der Waals surface area contributed by atoms with Crippen LogP contribution in [0.4, 0.5) is 4.79 Å². The van der Waals surface area contributed by atoms with E-state index in [0.717, 1.165) is 18.7 Å². The molecule has 28 heavy (non-hydrogen) atoms. The summed E-state index contributed by atoms with van der Waals surface area (Å²) in [5.41, 5.74) is 0.274. The summed E-state index contributed by atoms with van der Waals surface area (Å²) in [6, 6.07) is 9.96. The molecule has 2 aliphatic heterocycles. The SMILES string of the molecule is COCCN1C(=O)N(Cc2ccccc2)C2(CCN([C@H](C)COC)CC2)C1=O. The summed E-state index contributed by atoms with van der Waals surface area (Å²) in [5, 5.41) is 0. The highest BCUT2D eigenvalue weighted by Gasteiger charge is 2.57. The maximum absolute atomic E-state index is 13.4. The Morgan fingerprint density at radius 1 is 1.07 bits per heavy atom. The molecule has 7 nitrogen and oxygen atoms in total. The third-order valence-electron chi connectivity index (χ3n) is 5.98. The average molecular weight is 389 g/mol. The van der Waals surface area contributed by atoms with Crippen LogP contribution in [0.1, 0.15) is 25.3 Å². The third-order valence-corrected chi connectivity index (χ3v) is 5.98. The van der Waals surface area contributed by atoms with E-state index in [4.69, 9.17) is 9.47 Å². The first-order valence-electron chi connectivity index (χ1n) is 9.93. The Labute approximate surface area is 167 Å². The Hall–Kier alpha value is -1.96. The van der Waals surface area contributed by atoms with Gasteiger partial charge in [-0.25, -0.2) is 4.79 Å². The van der Waals surface area contributed by atoms with Crippen LogP contribution in [0.3, 0.4) is 0 Å². The number of likely N-dealkylation sites (tertiary alicyclic amines) is 1. The van der Waals surface area contributed by atoms with Crippen LogP contribution >= 0.6 is 0 Å². The van der Waals surface area contributed by atoms with Gasteiger partial charge in [0.15, 0.2) is 0 Å². The molecule has 0 saturated carbocycles. The quantitative estimate of drug-likeness (QED) is 0.636. The number of amides is 3. The number of benzene rings is 1. The van der Waals surface area contributed by atoms with Crippen molar-refractivity contribution in [1.29, 1.82) is 0 Å². The monoisotopic (exact) mass is 389 g/mol. The fraction of sp³-hybridized carbons (Fsp3) is 0.619. The van der Waals surface area contributed by atoms with Crippen molar-refractivity contribution in [1.82, 2.24) is 14.7 Å². The van der Waals surface area contributed by atoms with Gasteiger partial charge in [0.1, 0.15) is 5.54 Å². The van der Waals surface area contributed by atoms with E-state index in [1.54, 1.807) is 19.1 Å². The van der Waals surface area contributed by atoms with E-state index in [1.165, 1.54) is 4.90 Å². The zero-order chi connectivity index (χ0) is 20.1. The van der Waals surface area contributed by atoms with Gasteiger partial charge in [0.2, 0.25) is 0 Å². The second-order valence-corrected chi connectivity index (χ2v) is 7.68. The first-order valence-corrected chi connectivity index (χ1v) is 9.93. The molecule has 2 saturated heterocycles. The number of hydrogen-bond donors (Lipinski definition) is 0. The molecule has 0 N–H and O–H groups in total. The molecule has 1 spiro atoms. The van der Waals surface area contributed by atoms with Crippen molar-refractivity contribution in [2.45, 2.75) is 37.9 Å². The summed E-state index contributed by atoms with van der Waals surface area (Å²) in [6.07, 6.45) is 1.28. The van der Waals surface area contributed by atoms with Gasteiger partial charge in [-0.3, -0.25) is 14.6 Å². The second-order valence-electron chi connectivity index (χ2n) is 7.68. The highest BCUT2D eigenvalue weighted by atomic mass is 16.5. The van der Waals surface area contributed by atoms with Crippen LogP contribution in [0.5, 0.6) is 0 Å². The summed E-state index contributed by atoms with van der Waals surface area (Å²) in [4.78, 5) is 32.0. The predicted molar refractivity (Wildman–Crippen MR) is 106 cm³/mol. The minimum absolute atomic E-state index is 0.0791. The van der Waals surface area contributed by atoms with Gasteiger partial charge in [-0.15, -0.1) is 0 Å². The zero-order valence-electron chi connectivity index (χ0n) is 17.1. The summed E-state index contributed by atoms with van der Waals surface area (Å²) in [6.45, 7) is 5.43. The van der Waals surface area contributed by atoms with E-state index in [1.807, 2.05) is 30.3 Å². The molecule has 0 aliphatic carbocycles. The summed E-state index contributed by atoms with van der Waals surface area (Å²) in [5.74, 6) is -0.0791. The molecule has 0 radical (unpaired) electrons. The van der Waals surface area contributed by atoms with Crippen molar-refractivity contribution in [3.8, 4) is 0 Å². The molecule has 3 rings (SSSR count). The molecule has 0 aromatic heterocycles. The highest BCUT2D eigenvalue weighted by molar-refractivity contribution is 6.07. The molecule has 3 amide bonds. The van der Waals surface area contributed by atoms with E-state index in [0.29, 0.717) is 45.2 Å². The first kappa shape index (κ1) is 20.8. The lowest BCUT2D eigenvalue weighted by molar-refractivity contribution is -0.136. The molecule has 1 atom stereocenters. The maximum Gasteiger partial charge on any atom is 0.328 e. The number of carbonyl (C=O) groups excluding carboxylic acids is 2. The lowest BCUT2D eigenvalue weighted by Gasteiger charge is -2.44. The topological polar surface area (TPSA) is 62.3 Å². The summed E-state index contributed by atoms with van der Waals surface area (Å²) < 4.78 is 10.4. The molecular weight excluding hydrogens is 358 g/mol. The number of methoxy groups -OCH3 is 2. The van der Waals surface area contributed by atoms with Crippen molar-refractivity contribution in [3.05, 3.63) is 35.9 Å². The van der Waals surface area contributed by atoms with Crippen molar-refractivity contribution < 1.29 is 19.1 Å². The van der Waals surface area contributed by atoms with E-state index in [-0.39, 0.29) is 11.9 Å². The van der Waals surface area contributed by atoms with Gasteiger partial charge in [0.05, 0.1) is 19.8 Å². The van der Waals surface area contributed by atoms with E-state index in [2.05, 4.69) is 11.8 Å². The first-order chi connectivity index (χ1) is 13.5. The van der Waals surface area contributed by atoms with Gasteiger partial charge < -0.3 is 14.4 Å². The fourth-order valence-electron chi connectivity index (χ4n) is 4.31. The van der Waals surface area contributed by atoms with E-state index in [9.17, 15) is 9.59 Å². The van der Waals surface area contributed by atoms with Crippen LogP contribution in [-0.2, 0) is 20.8 Å². The molecule has 2 fully saturated rings. The predicted octanol–water partition coefficient (Wildman–Crippen LogP) is 1.97. The Bertz CT molecular complexity index is 673. The molecule has 0 unspecified atom stereocenters. The number of imide groups is 1. The number of nitrogens with zero attached hydrogens (tertiary/aromatic N) is 3. The third kappa shape index (κ3) is 3.92. The molecule has 2 heterocycles. The number of piperidine rings is 1. The molecule has 154 valence electrons. The van der Waals surface area contributed by atoms with Crippen molar-refractivity contribution >= 4 is 11.9 Å². The normalized spacial score (nSPS) is 21.0. The number of rotatable bonds is 8. The fourth-order valence-corrected chi connectivity index (χ4v) is 4.31. The van der Waals surface area contributed by atoms with Crippen LogP contribution in [0.25, 0.3) is 0 Å². The van der Waals surface area contributed by atoms with Gasteiger partial charge in [0, 0.05) is 39.9 Å². The Balaban J connectivity index is 1.82. The second kappa shape index (κ2) is 9.03. The summed E-state index contributed by atoms with van der Waals surface area (Å²) >= 11 is 0. The standard InChI is InChI=1S/C21H31N3O4/c1-17(16-28-3)22-11-9-21(10-12-22)19(25)23(13-14-27-2)20(26)24(21)15-18-7-5-4-6-8-18/h4-8,17H,9-16H2,1-3H3/t17-/m1/s1. The molecule has 1 aromatic rings. The van der Waals surface area contributed by atoms with Crippen LogP contribution in [0, 0.1) is 0 Å². The highest BCUT2D eigenvalue weighted by Crippen LogP contribution is 2.38. The van der Waals surface area contributed by atoms with Crippen molar-refractivity contribution in [3.63, 3.8) is 0 Å². The van der Waals surface area contributed by atoms with Crippen LogP contribution in [0.2, 0.25) is 0 Å². The number of urea groups is 1. The molecule has 1 aromatic carbocycles. The molecule has 7 heteroatoms. The Morgan fingerprint density at radius 3 is 2.36 bits per heavy atom. The Morgan fingerprint density at radius 2 is 1.75 bits per heavy atom. The number of hydrogen-bond acceptors (Lipinski definition) is 5. The smallest absolute Gasteiger partial charge is 0.328 e. The van der Waals surface area contributed by atoms with Crippen LogP contribution in [-0.4, -0.2) is 85.3 Å². The van der Waals surface area contributed by atoms with Crippen molar-refractivity contribution in [2.24, 2.45) is 0 Å². The van der Waals surface area contributed by atoms with Crippen LogP contribution < -0.4 is 0 Å². The molecule has 2 aliphatic rings. The molecule has 0 bridgehead atoms. The van der Waals surface area contributed by atoms with Crippen molar-refractivity contribution in [2.75, 3.05) is 47.1 Å². The van der Waals surface area contributed by atoms with Gasteiger partial charge in [-0.05, 0) is 25.3 Å². The Kier molecular flexibility index (Phi) is 6.69. The van der Waals surface area contributed by atoms with Crippen LogP contribution in [0.15, 0.2) is 30.3 Å². The summed E-state index contributed by atoms with van der Waals surface area (Å²) in [7, 11) is 3.29. The van der Waals surface area contributed by atoms with E-state index < -0.39 is 5.54 Å². The van der Waals surface area contributed by atoms with Gasteiger partial charge in [-0.1, -0.05) is 30.3 Å². The number of ether oxygens (including phenoxy) is 2. The van der Waals surface area contributed by atoms with Gasteiger partial charge in [-0.2, -0.15) is 0 Å². The average Bonchev–Trinajstić information content (AvgIpc) is 2.89. The lowest BCUT2D eigenvalue weighted by Crippen LogP contribution is -2.57.